The van der Waals surface area contributed by atoms with Crippen molar-refractivity contribution >= 4 is 38.2 Å². The third-order valence-electron chi connectivity index (χ3n) is 7.67. The van der Waals surface area contributed by atoms with Crippen LogP contribution in [-0.2, 0) is 26.1 Å². The van der Waals surface area contributed by atoms with Crippen LogP contribution in [-0.4, -0.2) is 52.6 Å². The predicted molar refractivity (Wildman–Crippen MR) is 167 cm³/mol. The van der Waals surface area contributed by atoms with Crippen LogP contribution in [0.3, 0.4) is 0 Å². The van der Waals surface area contributed by atoms with E-state index in [-0.39, 0.29) is 43.7 Å². The number of ether oxygens (including phenoxy) is 2. The Kier molecular flexibility index (Phi) is 9.62. The number of hydrogen-bond donors (Lipinski definition) is 0. The van der Waals surface area contributed by atoms with Gasteiger partial charge in [0.25, 0.3) is 0 Å². The van der Waals surface area contributed by atoms with Gasteiger partial charge in [-0.3, -0.25) is 13.9 Å². The minimum absolute atomic E-state index is 0.00781. The lowest BCUT2D eigenvalue weighted by Crippen LogP contribution is -2.34. The summed E-state index contributed by atoms with van der Waals surface area (Å²) in [6.45, 7) is 4.49. The topological polar surface area (TPSA) is 103 Å². The molecule has 0 bridgehead atoms. The average molecular weight is 622 g/mol. The highest BCUT2D eigenvalue weighted by Crippen LogP contribution is 2.48. The summed E-state index contributed by atoms with van der Waals surface area (Å²) >= 11 is 0. The predicted octanol–water partition coefficient (Wildman–Crippen LogP) is 6.91. The number of ketones is 2. The van der Waals surface area contributed by atoms with E-state index in [4.69, 9.17) is 13.9 Å². The van der Waals surface area contributed by atoms with E-state index in [1.54, 1.807) is 37.3 Å². The van der Waals surface area contributed by atoms with Gasteiger partial charge in [-0.15, -0.1) is 0 Å². The van der Waals surface area contributed by atoms with Crippen molar-refractivity contribution in [2.75, 3.05) is 36.9 Å². The fraction of sp³-hybridized carbons (Fsp3) is 0.353. The molecule has 1 aromatic heterocycles. The molecule has 0 amide bonds. The lowest BCUT2D eigenvalue weighted by atomic mass is 9.97. The molecule has 44 heavy (non-hydrogen) atoms. The number of halogens is 1. The van der Waals surface area contributed by atoms with Gasteiger partial charge < -0.3 is 13.9 Å². The molecule has 0 N–H and O–H groups in total. The second kappa shape index (κ2) is 13.4. The Balaban J connectivity index is 1.33. The lowest BCUT2D eigenvalue weighted by molar-refractivity contribution is 0.0435. The van der Waals surface area contributed by atoms with Crippen LogP contribution >= 0.6 is 0 Å². The molecule has 1 aliphatic rings. The maximum atomic E-state index is 13.6. The van der Waals surface area contributed by atoms with Crippen LogP contribution in [0.2, 0.25) is 0 Å². The van der Waals surface area contributed by atoms with Gasteiger partial charge in [0.05, 0.1) is 50.5 Å². The number of anilines is 1. The first kappa shape index (κ1) is 31.6. The van der Waals surface area contributed by atoms with Gasteiger partial charge in [-0.1, -0.05) is 31.2 Å². The van der Waals surface area contributed by atoms with Gasteiger partial charge in [-0.05, 0) is 67.1 Å². The molecule has 1 saturated carbocycles. The smallest absolute Gasteiger partial charge is 0.232 e. The van der Waals surface area contributed by atoms with Crippen molar-refractivity contribution in [1.82, 2.24) is 0 Å². The molecule has 0 spiro atoms. The molecule has 0 saturated heterocycles. The molecule has 0 atom stereocenters. The number of carbonyl (C=O) groups excluding carboxylic acids is 2. The Morgan fingerprint density at radius 2 is 1.66 bits per heavy atom. The lowest BCUT2D eigenvalue weighted by Gasteiger charge is -2.25. The van der Waals surface area contributed by atoms with E-state index in [1.807, 2.05) is 18.2 Å². The van der Waals surface area contributed by atoms with Crippen molar-refractivity contribution in [2.45, 2.75) is 45.6 Å². The monoisotopic (exact) mass is 621 g/mol. The van der Waals surface area contributed by atoms with Gasteiger partial charge in [-0.25, -0.2) is 12.8 Å². The summed E-state index contributed by atoms with van der Waals surface area (Å²) in [4.78, 5) is 24.5. The molecule has 10 heteroatoms. The van der Waals surface area contributed by atoms with Crippen molar-refractivity contribution in [3.05, 3.63) is 88.7 Å². The standard InChI is InChI=1S/C34H36FNO7S/c1-4-31(38)33-29-19-28(25-9-10-25)30(20-32(29)43-34(33)26-11-13-27(35)14-12-26)36(44(3,39)40)15-16-41-17-18-42-21-23-5-7-24(8-6-23)22(2)37/h5-8,11-14,19-20,25H,4,9-10,15-18,21H2,1-3H3. The summed E-state index contributed by atoms with van der Waals surface area (Å²) in [6.07, 6.45) is 3.25. The first-order valence-electron chi connectivity index (χ1n) is 14.7. The van der Waals surface area contributed by atoms with E-state index in [0.717, 1.165) is 30.2 Å². The summed E-state index contributed by atoms with van der Waals surface area (Å²) in [5.41, 5.74) is 4.31. The average Bonchev–Trinajstić information content (AvgIpc) is 3.78. The number of nitrogens with zero attached hydrogens (tertiary/aromatic N) is 1. The Labute approximate surface area is 256 Å². The molecule has 0 aliphatic heterocycles. The number of rotatable bonds is 15. The fourth-order valence-corrected chi connectivity index (χ4v) is 6.12. The van der Waals surface area contributed by atoms with Gasteiger partial charge >= 0.3 is 0 Å². The minimum Gasteiger partial charge on any atom is -0.455 e. The number of carbonyl (C=O) groups is 2. The van der Waals surface area contributed by atoms with Crippen molar-refractivity contribution in [3.8, 4) is 11.3 Å². The summed E-state index contributed by atoms with van der Waals surface area (Å²) < 4.78 is 58.7. The van der Waals surface area contributed by atoms with Crippen molar-refractivity contribution in [2.24, 2.45) is 0 Å². The highest BCUT2D eigenvalue weighted by atomic mass is 32.2. The van der Waals surface area contributed by atoms with Gasteiger partial charge in [0, 0.05) is 29.0 Å². The Bertz CT molecular complexity index is 1760. The van der Waals surface area contributed by atoms with E-state index < -0.39 is 15.8 Å². The molecule has 4 aromatic rings. The van der Waals surface area contributed by atoms with Crippen LogP contribution in [0.4, 0.5) is 10.1 Å². The quantitative estimate of drug-likeness (QED) is 0.105. The zero-order valence-electron chi connectivity index (χ0n) is 25.1. The van der Waals surface area contributed by atoms with Gasteiger partial charge in [0.1, 0.15) is 17.2 Å². The molecule has 1 aliphatic carbocycles. The van der Waals surface area contributed by atoms with E-state index in [0.29, 0.717) is 52.3 Å². The first-order valence-corrected chi connectivity index (χ1v) is 16.5. The van der Waals surface area contributed by atoms with E-state index in [1.165, 1.54) is 23.4 Å². The third-order valence-corrected chi connectivity index (χ3v) is 8.85. The van der Waals surface area contributed by atoms with Gasteiger partial charge in [0.15, 0.2) is 11.6 Å². The molecular formula is C34H36FNO7S. The number of furan rings is 1. The number of hydrogen-bond acceptors (Lipinski definition) is 7. The first-order chi connectivity index (χ1) is 21.1. The van der Waals surface area contributed by atoms with Crippen LogP contribution in [0.15, 0.2) is 65.1 Å². The van der Waals surface area contributed by atoms with Crippen LogP contribution < -0.4 is 4.31 Å². The highest BCUT2D eigenvalue weighted by Gasteiger charge is 2.33. The molecule has 0 unspecified atom stereocenters. The summed E-state index contributed by atoms with van der Waals surface area (Å²) in [5, 5.41) is 0.625. The summed E-state index contributed by atoms with van der Waals surface area (Å²) in [5.74, 6) is 0.0141. The van der Waals surface area contributed by atoms with Crippen molar-refractivity contribution < 1.29 is 36.3 Å². The van der Waals surface area contributed by atoms with Gasteiger partial charge in [-0.2, -0.15) is 0 Å². The van der Waals surface area contributed by atoms with Crippen LogP contribution in [0.5, 0.6) is 0 Å². The zero-order chi connectivity index (χ0) is 31.4. The number of fused-ring (bicyclic) bond motifs is 1. The summed E-state index contributed by atoms with van der Waals surface area (Å²) in [7, 11) is -3.69. The maximum absolute atomic E-state index is 13.6. The Morgan fingerprint density at radius 1 is 0.977 bits per heavy atom. The molecule has 3 aromatic carbocycles. The molecule has 232 valence electrons. The number of sulfonamides is 1. The number of Topliss-reactive ketones (excluding diaryl/α,β-unsaturated/α-hetero) is 2. The Hall–Kier alpha value is -3.86. The van der Waals surface area contributed by atoms with Crippen LogP contribution in [0.1, 0.15) is 70.9 Å². The van der Waals surface area contributed by atoms with E-state index in [9.17, 15) is 22.4 Å². The molecule has 1 heterocycles. The van der Waals surface area contributed by atoms with Gasteiger partial charge in [0.2, 0.25) is 10.0 Å². The Morgan fingerprint density at radius 3 is 2.27 bits per heavy atom. The van der Waals surface area contributed by atoms with Crippen molar-refractivity contribution in [1.29, 1.82) is 0 Å². The molecule has 8 nitrogen and oxygen atoms in total. The largest absolute Gasteiger partial charge is 0.455 e. The molecule has 5 rings (SSSR count). The number of benzene rings is 3. The second-order valence-electron chi connectivity index (χ2n) is 11.0. The third kappa shape index (κ3) is 7.26. The minimum atomic E-state index is -3.69. The van der Waals surface area contributed by atoms with Crippen LogP contribution in [0, 0.1) is 5.82 Å². The molecular weight excluding hydrogens is 585 g/mol. The fourth-order valence-electron chi connectivity index (χ4n) is 5.20. The highest BCUT2D eigenvalue weighted by molar-refractivity contribution is 7.92. The second-order valence-corrected chi connectivity index (χ2v) is 12.9. The maximum Gasteiger partial charge on any atom is 0.232 e. The van der Waals surface area contributed by atoms with Crippen molar-refractivity contribution in [3.63, 3.8) is 0 Å². The van der Waals surface area contributed by atoms with Crippen LogP contribution in [0.25, 0.3) is 22.3 Å². The van der Waals surface area contributed by atoms with E-state index in [2.05, 4.69) is 0 Å². The zero-order valence-corrected chi connectivity index (χ0v) is 25.9. The normalized spacial score (nSPS) is 13.4. The summed E-state index contributed by atoms with van der Waals surface area (Å²) in [6, 6.07) is 16.6. The molecule has 0 radical (unpaired) electrons. The SMILES string of the molecule is CCC(=O)c1c(-c2ccc(F)cc2)oc2cc(N(CCOCCOCc3ccc(C(C)=O)cc3)S(C)(=O)=O)c(C3CC3)cc12. The molecule has 1 fully saturated rings. The van der Waals surface area contributed by atoms with E-state index >= 15 is 0 Å².